The van der Waals surface area contributed by atoms with E-state index in [1.807, 2.05) is 30.3 Å². The van der Waals surface area contributed by atoms with Crippen LogP contribution >= 0.6 is 0 Å². The first-order chi connectivity index (χ1) is 13.7. The van der Waals surface area contributed by atoms with E-state index in [0.29, 0.717) is 18.8 Å². The molecule has 3 rings (SSSR count). The lowest BCUT2D eigenvalue weighted by Gasteiger charge is -2.35. The van der Waals surface area contributed by atoms with Crippen LogP contribution < -0.4 is 10.1 Å². The maximum absolute atomic E-state index is 5.98. The Kier molecular flexibility index (Phi) is 8.27. The second-order valence-electron chi connectivity index (χ2n) is 7.62. The zero-order valence-electron chi connectivity index (χ0n) is 17.1. The first kappa shape index (κ1) is 20.8. The van der Waals surface area contributed by atoms with Crippen LogP contribution in [0, 0.1) is 0 Å². The summed E-state index contributed by atoms with van der Waals surface area (Å²) in [6.07, 6.45) is 4.89. The molecule has 2 heterocycles. The van der Waals surface area contributed by atoms with Crippen LogP contribution in [0.1, 0.15) is 37.9 Å². The number of morpholine rings is 1. The second kappa shape index (κ2) is 11.1. The van der Waals surface area contributed by atoms with Gasteiger partial charge in [0.25, 0.3) is 0 Å². The quantitative estimate of drug-likeness (QED) is 0.635. The zero-order valence-corrected chi connectivity index (χ0v) is 17.1. The molecule has 1 aliphatic heterocycles. The van der Waals surface area contributed by atoms with Crippen molar-refractivity contribution in [3.63, 3.8) is 0 Å². The molecule has 0 radical (unpaired) electrons. The van der Waals surface area contributed by atoms with E-state index in [1.165, 1.54) is 18.4 Å². The first-order valence-electron chi connectivity index (χ1n) is 10.4. The maximum Gasteiger partial charge on any atom is 0.130 e. The number of benzene rings is 1. The molecule has 1 saturated heterocycles. The summed E-state index contributed by atoms with van der Waals surface area (Å²) in [5.74, 6) is 0.928. The van der Waals surface area contributed by atoms with Crippen LogP contribution in [-0.2, 0) is 17.9 Å². The molecule has 1 N–H and O–H groups in total. The van der Waals surface area contributed by atoms with Crippen LogP contribution in [0.3, 0.4) is 0 Å². The smallest absolute Gasteiger partial charge is 0.130 e. The van der Waals surface area contributed by atoms with E-state index in [1.54, 1.807) is 6.20 Å². The van der Waals surface area contributed by atoms with Crippen LogP contribution in [0.15, 0.2) is 48.7 Å². The number of pyridine rings is 1. The van der Waals surface area contributed by atoms with Crippen molar-refractivity contribution in [2.24, 2.45) is 0 Å². The average molecular weight is 384 g/mol. The minimum Gasteiger partial charge on any atom is -0.487 e. The fourth-order valence-electron chi connectivity index (χ4n) is 3.70. The molecule has 5 heteroatoms. The number of nitrogens with zero attached hydrogens (tertiary/aromatic N) is 2. The molecule has 0 aliphatic carbocycles. The normalized spacial score (nSPS) is 20.2. The van der Waals surface area contributed by atoms with Gasteiger partial charge in [0.1, 0.15) is 12.4 Å². The lowest BCUT2D eigenvalue weighted by Crippen LogP contribution is -2.45. The van der Waals surface area contributed by atoms with Gasteiger partial charge in [0.2, 0.25) is 0 Å². The van der Waals surface area contributed by atoms with Gasteiger partial charge in [-0.05, 0) is 58.0 Å². The number of para-hydroxylation sites is 1. The third-order valence-corrected chi connectivity index (χ3v) is 4.96. The SMILES string of the molecule is CC1CN(CCCCNCc2ccccc2OCc2ccccn2)CC(C)O1. The van der Waals surface area contributed by atoms with E-state index in [9.17, 15) is 0 Å². The Morgan fingerprint density at radius 2 is 1.86 bits per heavy atom. The average Bonchev–Trinajstić information content (AvgIpc) is 2.70. The van der Waals surface area contributed by atoms with E-state index in [0.717, 1.165) is 44.2 Å². The predicted octanol–water partition coefficient (Wildman–Crippen LogP) is 3.64. The second-order valence-corrected chi connectivity index (χ2v) is 7.62. The Morgan fingerprint density at radius 3 is 2.64 bits per heavy atom. The van der Waals surface area contributed by atoms with E-state index < -0.39 is 0 Å². The molecule has 1 aromatic carbocycles. The molecule has 1 aromatic heterocycles. The lowest BCUT2D eigenvalue weighted by atomic mass is 10.2. The van der Waals surface area contributed by atoms with Gasteiger partial charge < -0.3 is 14.8 Å². The van der Waals surface area contributed by atoms with Crippen LogP contribution in [0.4, 0.5) is 0 Å². The predicted molar refractivity (Wildman–Crippen MR) is 112 cm³/mol. The molecular formula is C23H33N3O2. The minimum absolute atomic E-state index is 0.351. The molecule has 1 fully saturated rings. The number of hydrogen-bond donors (Lipinski definition) is 1. The Balaban J connectivity index is 1.34. The third-order valence-electron chi connectivity index (χ3n) is 4.96. The number of rotatable bonds is 10. The summed E-state index contributed by atoms with van der Waals surface area (Å²) in [4.78, 5) is 6.84. The van der Waals surface area contributed by atoms with E-state index in [-0.39, 0.29) is 0 Å². The summed E-state index contributed by atoms with van der Waals surface area (Å²) < 4.78 is 11.8. The van der Waals surface area contributed by atoms with Gasteiger partial charge in [-0.15, -0.1) is 0 Å². The van der Waals surface area contributed by atoms with Gasteiger partial charge in [-0.2, -0.15) is 0 Å². The zero-order chi connectivity index (χ0) is 19.6. The molecule has 1 aliphatic rings. The van der Waals surface area contributed by atoms with E-state index >= 15 is 0 Å². The Labute approximate surface area is 169 Å². The molecular weight excluding hydrogens is 350 g/mol. The van der Waals surface area contributed by atoms with Crippen molar-refractivity contribution in [3.8, 4) is 5.75 Å². The number of nitrogens with one attached hydrogen (secondary N) is 1. The lowest BCUT2D eigenvalue weighted by molar-refractivity contribution is -0.0681. The Morgan fingerprint density at radius 1 is 1.07 bits per heavy atom. The van der Waals surface area contributed by atoms with E-state index in [4.69, 9.17) is 9.47 Å². The van der Waals surface area contributed by atoms with Gasteiger partial charge in [0.05, 0.1) is 17.9 Å². The fraction of sp³-hybridized carbons (Fsp3) is 0.522. The largest absolute Gasteiger partial charge is 0.487 e. The maximum atomic E-state index is 5.98. The number of aromatic nitrogens is 1. The van der Waals surface area contributed by atoms with Crippen molar-refractivity contribution in [1.29, 1.82) is 0 Å². The van der Waals surface area contributed by atoms with Crippen LogP contribution in [0.2, 0.25) is 0 Å². The highest BCUT2D eigenvalue weighted by Gasteiger charge is 2.21. The molecule has 2 unspecified atom stereocenters. The van der Waals surface area contributed by atoms with Crippen LogP contribution in [0.5, 0.6) is 5.75 Å². The van der Waals surface area contributed by atoms with Crippen molar-refractivity contribution in [2.45, 2.75) is 52.0 Å². The highest BCUT2D eigenvalue weighted by atomic mass is 16.5. The third kappa shape index (κ3) is 6.89. The molecule has 0 amide bonds. The monoisotopic (exact) mass is 383 g/mol. The summed E-state index contributed by atoms with van der Waals surface area (Å²) >= 11 is 0. The van der Waals surface area contributed by atoms with Crippen molar-refractivity contribution in [2.75, 3.05) is 26.2 Å². The summed E-state index contributed by atoms with van der Waals surface area (Å²) in [5.41, 5.74) is 2.13. The van der Waals surface area contributed by atoms with Gasteiger partial charge >= 0.3 is 0 Å². The summed E-state index contributed by atoms with van der Waals surface area (Å²) in [5, 5.41) is 3.56. The Hall–Kier alpha value is -1.95. The van der Waals surface area contributed by atoms with Crippen LogP contribution in [0.25, 0.3) is 0 Å². The molecule has 0 saturated carbocycles. The summed E-state index contributed by atoms with van der Waals surface area (Å²) in [7, 11) is 0. The number of hydrogen-bond acceptors (Lipinski definition) is 5. The standard InChI is InChI=1S/C23H33N3O2/c1-19-16-26(17-20(2)28-19)14-8-7-12-24-15-21-9-3-4-11-23(21)27-18-22-10-5-6-13-25-22/h3-6,9-11,13,19-20,24H,7-8,12,14-18H2,1-2H3. The molecule has 0 bridgehead atoms. The van der Waals surface area contributed by atoms with Gasteiger partial charge in [-0.1, -0.05) is 24.3 Å². The minimum atomic E-state index is 0.351. The summed E-state index contributed by atoms with van der Waals surface area (Å²) in [6, 6.07) is 14.1. The van der Waals surface area contributed by atoms with Gasteiger partial charge in [-0.3, -0.25) is 9.88 Å². The molecule has 152 valence electrons. The molecule has 2 atom stereocenters. The highest BCUT2D eigenvalue weighted by Crippen LogP contribution is 2.19. The number of unbranched alkanes of at least 4 members (excludes halogenated alkanes) is 1. The van der Waals surface area contributed by atoms with Crippen molar-refractivity contribution in [1.82, 2.24) is 15.2 Å². The van der Waals surface area contributed by atoms with Crippen molar-refractivity contribution >= 4 is 0 Å². The number of ether oxygens (including phenoxy) is 2. The summed E-state index contributed by atoms with van der Waals surface area (Å²) in [6.45, 7) is 9.93. The molecule has 2 aromatic rings. The topological polar surface area (TPSA) is 46.6 Å². The first-order valence-corrected chi connectivity index (χ1v) is 10.4. The van der Waals surface area contributed by atoms with Gasteiger partial charge in [0, 0.05) is 31.4 Å². The van der Waals surface area contributed by atoms with Gasteiger partial charge in [0.15, 0.2) is 0 Å². The van der Waals surface area contributed by atoms with Crippen LogP contribution in [-0.4, -0.2) is 48.3 Å². The molecule has 28 heavy (non-hydrogen) atoms. The van der Waals surface area contributed by atoms with Crippen molar-refractivity contribution in [3.05, 3.63) is 59.9 Å². The molecule has 5 nitrogen and oxygen atoms in total. The highest BCUT2D eigenvalue weighted by molar-refractivity contribution is 5.33. The van der Waals surface area contributed by atoms with E-state index in [2.05, 4.69) is 41.2 Å². The fourth-order valence-corrected chi connectivity index (χ4v) is 3.70. The Bertz CT molecular complexity index is 685. The van der Waals surface area contributed by atoms with Crippen molar-refractivity contribution < 1.29 is 9.47 Å². The molecule has 0 spiro atoms. The van der Waals surface area contributed by atoms with Gasteiger partial charge in [-0.25, -0.2) is 0 Å².